The molecule has 0 heterocycles. The van der Waals surface area contributed by atoms with E-state index in [0.29, 0.717) is 0 Å². The molecule has 0 aliphatic rings. The van der Waals surface area contributed by atoms with Crippen LogP contribution in [-0.4, -0.2) is 43.0 Å². The molecule has 0 spiro atoms. The van der Waals surface area contributed by atoms with Gasteiger partial charge in [0, 0.05) is 6.04 Å². The van der Waals surface area contributed by atoms with Crippen LogP contribution in [-0.2, 0) is 14.8 Å². The zero-order valence-corrected chi connectivity index (χ0v) is 7.34. The fraction of sp³-hybridized carbons (Fsp3) is 0.800. The fourth-order valence-corrected chi connectivity index (χ4v) is 1.64. The van der Waals surface area contributed by atoms with Crippen LogP contribution >= 0.6 is 0 Å². The number of aliphatic hydroxyl groups excluding tert-OH is 1. The highest BCUT2D eigenvalue weighted by molar-refractivity contribution is 7.90. The van der Waals surface area contributed by atoms with Gasteiger partial charge >= 0.3 is 5.97 Å². The maximum Gasteiger partial charge on any atom is 0.320 e. The lowest BCUT2D eigenvalue weighted by Gasteiger charge is -2.09. The number of hydrogen-bond donors (Lipinski definition) is 3. The molecule has 0 saturated heterocycles. The predicted molar refractivity (Wildman–Crippen MR) is 41.1 cm³/mol. The third-order valence-corrected chi connectivity index (χ3v) is 2.36. The molecule has 72 valence electrons. The average Bonchev–Trinajstić information content (AvgIpc) is 1.83. The summed E-state index contributed by atoms with van der Waals surface area (Å²) in [6.45, 7) is 1.07. The van der Waals surface area contributed by atoms with Crippen molar-refractivity contribution in [2.75, 3.05) is 12.4 Å². The van der Waals surface area contributed by atoms with Gasteiger partial charge in [0.15, 0.2) is 5.75 Å². The van der Waals surface area contributed by atoms with E-state index in [9.17, 15) is 13.2 Å². The Morgan fingerprint density at radius 2 is 2.08 bits per heavy atom. The first-order chi connectivity index (χ1) is 5.37. The standard InChI is InChI=1S/C5H11NO5S/c1-4(2-7)6-12(10,11)3-5(8)9/h4,6-7H,2-3H2,1H3,(H,8,9). The van der Waals surface area contributed by atoms with Crippen molar-refractivity contribution in [2.45, 2.75) is 13.0 Å². The third-order valence-electron chi connectivity index (χ3n) is 0.968. The smallest absolute Gasteiger partial charge is 0.320 e. The van der Waals surface area contributed by atoms with E-state index in [0.717, 1.165) is 0 Å². The number of carbonyl (C=O) groups is 1. The van der Waals surface area contributed by atoms with Crippen molar-refractivity contribution >= 4 is 16.0 Å². The molecule has 6 nitrogen and oxygen atoms in total. The molecule has 0 bridgehead atoms. The molecule has 0 aliphatic carbocycles. The molecule has 0 aromatic heterocycles. The molecule has 7 heteroatoms. The molecule has 0 aromatic rings. The van der Waals surface area contributed by atoms with Gasteiger partial charge in [0.1, 0.15) is 0 Å². The van der Waals surface area contributed by atoms with E-state index in [-0.39, 0.29) is 6.61 Å². The number of carboxylic acid groups (broad SMARTS) is 1. The van der Waals surface area contributed by atoms with E-state index in [1.807, 2.05) is 4.72 Å². The summed E-state index contributed by atoms with van der Waals surface area (Å²) in [6, 6.07) is -0.658. The first-order valence-electron chi connectivity index (χ1n) is 3.20. The van der Waals surface area contributed by atoms with Crippen LogP contribution in [0.2, 0.25) is 0 Å². The lowest BCUT2D eigenvalue weighted by Crippen LogP contribution is -2.38. The van der Waals surface area contributed by atoms with Gasteiger partial charge in [-0.1, -0.05) is 0 Å². The SMILES string of the molecule is CC(CO)NS(=O)(=O)CC(=O)O. The third kappa shape index (κ3) is 5.05. The van der Waals surface area contributed by atoms with E-state index in [1.54, 1.807) is 0 Å². The van der Waals surface area contributed by atoms with Gasteiger partial charge in [-0.3, -0.25) is 4.79 Å². The summed E-state index contributed by atoms with van der Waals surface area (Å²) >= 11 is 0. The minimum absolute atomic E-state index is 0.362. The molecule has 0 saturated carbocycles. The van der Waals surface area contributed by atoms with Crippen LogP contribution in [0.25, 0.3) is 0 Å². The molecular formula is C5H11NO5S. The second kappa shape index (κ2) is 4.39. The Labute approximate surface area is 70.3 Å². The van der Waals surface area contributed by atoms with E-state index in [4.69, 9.17) is 10.2 Å². The molecule has 0 aromatic carbocycles. The lowest BCUT2D eigenvalue weighted by atomic mass is 10.4. The molecule has 0 aliphatic heterocycles. The van der Waals surface area contributed by atoms with Crippen molar-refractivity contribution < 1.29 is 23.4 Å². The largest absolute Gasteiger partial charge is 0.480 e. The summed E-state index contributed by atoms with van der Waals surface area (Å²) in [5, 5.41) is 16.6. The van der Waals surface area contributed by atoms with Gasteiger partial charge in [0.05, 0.1) is 6.61 Å². The molecule has 1 unspecified atom stereocenters. The van der Waals surface area contributed by atoms with Crippen molar-refractivity contribution in [3.8, 4) is 0 Å². The van der Waals surface area contributed by atoms with Gasteiger partial charge < -0.3 is 10.2 Å². The van der Waals surface area contributed by atoms with E-state index >= 15 is 0 Å². The number of hydrogen-bond acceptors (Lipinski definition) is 4. The Morgan fingerprint density at radius 1 is 1.58 bits per heavy atom. The molecule has 0 rings (SSSR count). The second-order valence-corrected chi connectivity index (χ2v) is 4.11. The Bertz CT molecular complexity index is 247. The summed E-state index contributed by atoms with van der Waals surface area (Å²) in [4.78, 5) is 10.0. The second-order valence-electron chi connectivity index (χ2n) is 2.35. The topological polar surface area (TPSA) is 104 Å². The number of aliphatic carboxylic acids is 1. The van der Waals surface area contributed by atoms with Crippen molar-refractivity contribution in [3.05, 3.63) is 0 Å². The summed E-state index contributed by atoms with van der Waals surface area (Å²) in [5.41, 5.74) is 0. The minimum Gasteiger partial charge on any atom is -0.480 e. The van der Waals surface area contributed by atoms with Gasteiger partial charge in [-0.05, 0) is 6.92 Å². The quantitative estimate of drug-likeness (QED) is 0.491. The Hall–Kier alpha value is -0.660. The van der Waals surface area contributed by atoms with Crippen molar-refractivity contribution in [2.24, 2.45) is 0 Å². The van der Waals surface area contributed by atoms with Crippen LogP contribution in [0.5, 0.6) is 0 Å². The highest BCUT2D eigenvalue weighted by Gasteiger charge is 2.17. The zero-order valence-electron chi connectivity index (χ0n) is 6.52. The maximum absolute atomic E-state index is 10.8. The predicted octanol–water partition coefficient (Wildman–Crippen LogP) is -1.63. The summed E-state index contributed by atoms with van der Waals surface area (Å²) in [7, 11) is -3.80. The van der Waals surface area contributed by atoms with E-state index in [2.05, 4.69) is 0 Å². The number of sulfonamides is 1. The molecule has 3 N–H and O–H groups in total. The molecule has 0 amide bonds. The van der Waals surface area contributed by atoms with Crippen molar-refractivity contribution in [3.63, 3.8) is 0 Å². The van der Waals surface area contributed by atoms with Crippen LogP contribution in [0.4, 0.5) is 0 Å². The summed E-state index contributed by atoms with van der Waals surface area (Å²) in [6.07, 6.45) is 0. The first kappa shape index (κ1) is 11.3. The van der Waals surface area contributed by atoms with Gasteiger partial charge in [0.2, 0.25) is 10.0 Å². The summed E-state index contributed by atoms with van der Waals surface area (Å²) in [5.74, 6) is -2.40. The Kier molecular flexibility index (Phi) is 4.15. The number of carboxylic acids is 1. The van der Waals surface area contributed by atoms with Crippen LogP contribution < -0.4 is 4.72 Å². The maximum atomic E-state index is 10.8. The minimum atomic E-state index is -3.80. The van der Waals surface area contributed by atoms with Gasteiger partial charge in [-0.2, -0.15) is 0 Å². The van der Waals surface area contributed by atoms with Crippen LogP contribution in [0, 0.1) is 0 Å². The normalized spacial score (nSPS) is 14.2. The highest BCUT2D eigenvalue weighted by Crippen LogP contribution is 1.88. The van der Waals surface area contributed by atoms with E-state index < -0.39 is 27.8 Å². The van der Waals surface area contributed by atoms with Crippen molar-refractivity contribution in [1.82, 2.24) is 4.72 Å². The molecular weight excluding hydrogens is 186 g/mol. The molecule has 0 fully saturated rings. The molecule has 1 atom stereocenters. The Balaban J connectivity index is 4.15. The van der Waals surface area contributed by atoms with Crippen LogP contribution in [0.3, 0.4) is 0 Å². The number of rotatable bonds is 5. The number of nitrogens with one attached hydrogen (secondary N) is 1. The zero-order chi connectivity index (χ0) is 9.78. The van der Waals surface area contributed by atoms with Gasteiger partial charge in [-0.25, -0.2) is 13.1 Å². The monoisotopic (exact) mass is 197 g/mol. The lowest BCUT2D eigenvalue weighted by molar-refractivity contribution is -0.134. The fourth-order valence-electron chi connectivity index (χ4n) is 0.548. The van der Waals surface area contributed by atoms with Crippen molar-refractivity contribution in [1.29, 1.82) is 0 Å². The highest BCUT2D eigenvalue weighted by atomic mass is 32.2. The van der Waals surface area contributed by atoms with Gasteiger partial charge in [-0.15, -0.1) is 0 Å². The van der Waals surface area contributed by atoms with Gasteiger partial charge in [0.25, 0.3) is 0 Å². The molecule has 0 radical (unpaired) electrons. The average molecular weight is 197 g/mol. The van der Waals surface area contributed by atoms with Crippen LogP contribution in [0.1, 0.15) is 6.92 Å². The van der Waals surface area contributed by atoms with E-state index in [1.165, 1.54) is 6.92 Å². The summed E-state index contributed by atoms with van der Waals surface area (Å²) < 4.78 is 23.6. The molecule has 12 heavy (non-hydrogen) atoms. The number of aliphatic hydroxyl groups is 1. The van der Waals surface area contributed by atoms with Crippen LogP contribution in [0.15, 0.2) is 0 Å². The Morgan fingerprint density at radius 3 is 2.42 bits per heavy atom. The first-order valence-corrected chi connectivity index (χ1v) is 4.85.